The lowest BCUT2D eigenvalue weighted by Gasteiger charge is -2.40. The van der Waals surface area contributed by atoms with E-state index in [0.29, 0.717) is 34.9 Å². The van der Waals surface area contributed by atoms with E-state index in [1.54, 1.807) is 19.2 Å². The molecule has 2 fully saturated rings. The highest BCUT2D eigenvalue weighted by molar-refractivity contribution is 6.31. The molecule has 0 bridgehead atoms. The molecule has 1 N–H and O–H groups in total. The Bertz CT molecular complexity index is 562. The number of carboxylic acid groups (broad SMARTS) is 1. The smallest absolute Gasteiger partial charge is 0.314 e. The van der Waals surface area contributed by atoms with Gasteiger partial charge < -0.3 is 14.6 Å². The maximum absolute atomic E-state index is 11.8. The standard InChI is InChI=1S/C16H19ClO4/c1-20-13-9-10(17)8-12(14(13)21-11-4-2-5-11)16(15(18)19)6-3-7-16/h8-9,11H,2-7H2,1H3,(H,18,19). The van der Waals surface area contributed by atoms with E-state index >= 15 is 0 Å². The fourth-order valence-corrected chi connectivity index (χ4v) is 3.19. The fraction of sp³-hybridized carbons (Fsp3) is 0.562. The van der Waals surface area contributed by atoms with Crippen LogP contribution in [0.3, 0.4) is 0 Å². The van der Waals surface area contributed by atoms with Crippen LogP contribution in [0.15, 0.2) is 12.1 Å². The Kier molecular flexibility index (Phi) is 3.74. The third-order valence-electron chi connectivity index (χ3n) is 4.71. The molecule has 21 heavy (non-hydrogen) atoms. The van der Waals surface area contributed by atoms with Gasteiger partial charge in [0, 0.05) is 16.7 Å². The number of halogens is 1. The Morgan fingerprint density at radius 2 is 2.05 bits per heavy atom. The van der Waals surface area contributed by atoms with Crippen LogP contribution in [-0.4, -0.2) is 24.3 Å². The largest absolute Gasteiger partial charge is 0.493 e. The molecule has 0 aliphatic heterocycles. The maximum Gasteiger partial charge on any atom is 0.314 e. The monoisotopic (exact) mass is 310 g/mol. The number of benzene rings is 1. The van der Waals surface area contributed by atoms with E-state index in [-0.39, 0.29) is 6.10 Å². The Morgan fingerprint density at radius 1 is 1.33 bits per heavy atom. The van der Waals surface area contributed by atoms with E-state index < -0.39 is 11.4 Å². The van der Waals surface area contributed by atoms with Crippen molar-refractivity contribution in [3.05, 3.63) is 22.7 Å². The number of ether oxygens (including phenoxy) is 2. The lowest BCUT2D eigenvalue weighted by molar-refractivity contribution is -0.147. The van der Waals surface area contributed by atoms with E-state index in [9.17, 15) is 9.90 Å². The minimum absolute atomic E-state index is 0.157. The molecule has 0 amide bonds. The lowest BCUT2D eigenvalue weighted by Crippen LogP contribution is -2.43. The number of hydrogen-bond donors (Lipinski definition) is 1. The number of hydrogen-bond acceptors (Lipinski definition) is 3. The number of carboxylic acids is 1. The van der Waals surface area contributed by atoms with Gasteiger partial charge >= 0.3 is 5.97 Å². The molecule has 1 aromatic carbocycles. The van der Waals surface area contributed by atoms with Crippen molar-refractivity contribution in [2.45, 2.75) is 50.0 Å². The fourth-order valence-electron chi connectivity index (χ4n) is 2.98. The normalized spacial score (nSPS) is 20.3. The first kappa shape index (κ1) is 14.5. The molecule has 2 saturated carbocycles. The lowest BCUT2D eigenvalue weighted by atomic mass is 9.64. The van der Waals surface area contributed by atoms with Crippen LogP contribution >= 0.6 is 11.6 Å². The molecule has 4 nitrogen and oxygen atoms in total. The number of rotatable bonds is 5. The van der Waals surface area contributed by atoms with Crippen molar-refractivity contribution < 1.29 is 19.4 Å². The Hall–Kier alpha value is -1.42. The van der Waals surface area contributed by atoms with Crippen molar-refractivity contribution in [3.63, 3.8) is 0 Å². The van der Waals surface area contributed by atoms with Gasteiger partial charge in [0.2, 0.25) is 0 Å². The van der Waals surface area contributed by atoms with Crippen molar-refractivity contribution in [2.75, 3.05) is 7.11 Å². The van der Waals surface area contributed by atoms with Gasteiger partial charge in [0.15, 0.2) is 11.5 Å². The minimum Gasteiger partial charge on any atom is -0.493 e. The summed E-state index contributed by atoms with van der Waals surface area (Å²) < 4.78 is 11.4. The highest BCUT2D eigenvalue weighted by atomic mass is 35.5. The summed E-state index contributed by atoms with van der Waals surface area (Å²) >= 11 is 6.15. The van der Waals surface area contributed by atoms with Gasteiger partial charge in [-0.15, -0.1) is 0 Å². The van der Waals surface area contributed by atoms with Crippen molar-refractivity contribution in [2.24, 2.45) is 0 Å². The van der Waals surface area contributed by atoms with E-state index in [4.69, 9.17) is 21.1 Å². The van der Waals surface area contributed by atoms with Gasteiger partial charge in [-0.25, -0.2) is 0 Å². The quantitative estimate of drug-likeness (QED) is 0.899. The van der Waals surface area contributed by atoms with Gasteiger partial charge in [0.05, 0.1) is 18.6 Å². The van der Waals surface area contributed by atoms with Gasteiger partial charge in [-0.1, -0.05) is 18.0 Å². The van der Waals surface area contributed by atoms with E-state index in [1.165, 1.54) is 0 Å². The van der Waals surface area contributed by atoms with Crippen LogP contribution < -0.4 is 9.47 Å². The SMILES string of the molecule is COc1cc(Cl)cc(C2(C(=O)O)CCC2)c1OC1CCC1. The molecular formula is C16H19ClO4. The summed E-state index contributed by atoms with van der Waals surface area (Å²) in [5.41, 5.74) is -0.213. The molecule has 2 aliphatic carbocycles. The molecule has 1 aromatic rings. The van der Waals surface area contributed by atoms with Crippen LogP contribution in [0, 0.1) is 0 Å². The number of aliphatic carboxylic acids is 1. The summed E-state index contributed by atoms with van der Waals surface area (Å²) in [4.78, 5) is 11.8. The molecule has 5 heteroatoms. The van der Waals surface area contributed by atoms with Gasteiger partial charge in [0.25, 0.3) is 0 Å². The van der Waals surface area contributed by atoms with E-state index in [1.807, 2.05) is 0 Å². The molecule has 0 aromatic heterocycles. The summed E-state index contributed by atoms with van der Waals surface area (Å²) in [6, 6.07) is 3.42. The molecule has 0 heterocycles. The molecule has 0 radical (unpaired) electrons. The van der Waals surface area contributed by atoms with Crippen molar-refractivity contribution >= 4 is 17.6 Å². The second-order valence-electron chi connectivity index (χ2n) is 5.90. The predicted octanol–water partition coefficient (Wildman–Crippen LogP) is 3.79. The Labute approximate surface area is 129 Å². The molecule has 0 saturated heterocycles. The van der Waals surface area contributed by atoms with Crippen LogP contribution in [0.2, 0.25) is 5.02 Å². The van der Waals surface area contributed by atoms with Gasteiger partial charge in [-0.2, -0.15) is 0 Å². The molecule has 0 unspecified atom stereocenters. The van der Waals surface area contributed by atoms with Crippen LogP contribution in [0.25, 0.3) is 0 Å². The van der Waals surface area contributed by atoms with Crippen molar-refractivity contribution in [1.82, 2.24) is 0 Å². The van der Waals surface area contributed by atoms with Crippen molar-refractivity contribution in [3.8, 4) is 11.5 Å². The Morgan fingerprint density at radius 3 is 2.48 bits per heavy atom. The predicted molar refractivity (Wildman–Crippen MR) is 79.4 cm³/mol. The molecule has 0 spiro atoms. The topological polar surface area (TPSA) is 55.8 Å². The first-order valence-corrected chi connectivity index (χ1v) is 7.73. The van der Waals surface area contributed by atoms with Crippen LogP contribution in [0.1, 0.15) is 44.1 Å². The van der Waals surface area contributed by atoms with Crippen LogP contribution in [-0.2, 0) is 10.2 Å². The molecule has 3 rings (SSSR count). The van der Waals surface area contributed by atoms with Crippen LogP contribution in [0.5, 0.6) is 11.5 Å². The van der Waals surface area contributed by atoms with E-state index in [0.717, 1.165) is 25.7 Å². The Balaban J connectivity index is 2.08. The van der Waals surface area contributed by atoms with Gasteiger partial charge in [-0.05, 0) is 38.2 Å². The maximum atomic E-state index is 11.8. The number of carbonyl (C=O) groups is 1. The third kappa shape index (κ3) is 2.35. The molecule has 2 aliphatic rings. The van der Waals surface area contributed by atoms with Crippen molar-refractivity contribution in [1.29, 1.82) is 0 Å². The minimum atomic E-state index is -0.878. The molecule has 0 atom stereocenters. The van der Waals surface area contributed by atoms with Gasteiger partial charge in [-0.3, -0.25) is 4.79 Å². The third-order valence-corrected chi connectivity index (χ3v) is 4.93. The second kappa shape index (κ2) is 5.41. The zero-order valence-electron chi connectivity index (χ0n) is 12.0. The van der Waals surface area contributed by atoms with Crippen LogP contribution in [0.4, 0.5) is 0 Å². The first-order valence-electron chi connectivity index (χ1n) is 7.35. The number of methoxy groups -OCH3 is 1. The molecule has 114 valence electrons. The summed E-state index contributed by atoms with van der Waals surface area (Å²) in [5.74, 6) is 0.280. The molecular weight excluding hydrogens is 292 g/mol. The summed E-state index contributed by atoms with van der Waals surface area (Å²) in [6.07, 6.45) is 5.46. The highest BCUT2D eigenvalue weighted by Gasteiger charge is 2.48. The zero-order valence-corrected chi connectivity index (χ0v) is 12.8. The van der Waals surface area contributed by atoms with Gasteiger partial charge in [0.1, 0.15) is 0 Å². The second-order valence-corrected chi connectivity index (χ2v) is 6.33. The summed E-state index contributed by atoms with van der Waals surface area (Å²) in [5, 5.41) is 10.2. The average Bonchev–Trinajstić information content (AvgIpc) is 2.32. The first-order chi connectivity index (χ1) is 10.1. The summed E-state index contributed by atoms with van der Waals surface area (Å²) in [7, 11) is 1.55. The van der Waals surface area contributed by atoms with E-state index in [2.05, 4.69) is 0 Å². The zero-order chi connectivity index (χ0) is 15.0. The highest BCUT2D eigenvalue weighted by Crippen LogP contribution is 2.51. The summed E-state index contributed by atoms with van der Waals surface area (Å²) in [6.45, 7) is 0. The average molecular weight is 311 g/mol.